The first kappa shape index (κ1) is 13.1. The van der Waals surface area contributed by atoms with E-state index in [1.54, 1.807) is 0 Å². The SMILES string of the molecule is CCOC(C)c1noc([C@@H](N)C(C)(C)C)n1. The molecule has 0 aliphatic heterocycles. The molecule has 92 valence electrons. The lowest BCUT2D eigenvalue weighted by Crippen LogP contribution is -2.26. The van der Waals surface area contributed by atoms with Crippen LogP contribution >= 0.6 is 0 Å². The lowest BCUT2D eigenvalue weighted by atomic mass is 9.87. The number of ether oxygens (including phenoxy) is 1. The lowest BCUT2D eigenvalue weighted by Gasteiger charge is -2.23. The zero-order valence-corrected chi connectivity index (χ0v) is 10.7. The van der Waals surface area contributed by atoms with Crippen LogP contribution in [0.15, 0.2) is 4.52 Å². The van der Waals surface area contributed by atoms with Crippen molar-refractivity contribution in [3.63, 3.8) is 0 Å². The number of nitrogens with zero attached hydrogens (tertiary/aromatic N) is 2. The molecule has 1 rings (SSSR count). The van der Waals surface area contributed by atoms with Gasteiger partial charge in [0.15, 0.2) is 5.82 Å². The van der Waals surface area contributed by atoms with E-state index in [0.717, 1.165) is 0 Å². The largest absolute Gasteiger partial charge is 0.371 e. The molecule has 1 aromatic heterocycles. The minimum absolute atomic E-state index is 0.0986. The third-order valence-corrected chi connectivity index (χ3v) is 2.44. The second kappa shape index (κ2) is 4.93. The van der Waals surface area contributed by atoms with Gasteiger partial charge in [-0.3, -0.25) is 0 Å². The molecular formula is C11H21N3O2. The van der Waals surface area contributed by atoms with Crippen LogP contribution in [0.5, 0.6) is 0 Å². The van der Waals surface area contributed by atoms with E-state index in [1.807, 2.05) is 34.6 Å². The number of nitrogens with two attached hydrogens (primary N) is 1. The second-order valence-electron chi connectivity index (χ2n) is 4.93. The predicted octanol–water partition coefficient (Wildman–Crippen LogP) is 2.21. The molecule has 5 nitrogen and oxygen atoms in total. The van der Waals surface area contributed by atoms with Gasteiger partial charge in [-0.05, 0) is 19.3 Å². The molecule has 0 aromatic carbocycles. The molecule has 0 amide bonds. The summed E-state index contributed by atoms with van der Waals surface area (Å²) >= 11 is 0. The van der Waals surface area contributed by atoms with Gasteiger partial charge in [-0.25, -0.2) is 0 Å². The molecule has 0 saturated carbocycles. The summed E-state index contributed by atoms with van der Waals surface area (Å²) in [5, 5.41) is 3.88. The predicted molar refractivity (Wildman–Crippen MR) is 60.7 cm³/mol. The van der Waals surface area contributed by atoms with Crippen molar-refractivity contribution >= 4 is 0 Å². The molecule has 1 heterocycles. The smallest absolute Gasteiger partial charge is 0.244 e. The number of hydrogen-bond donors (Lipinski definition) is 1. The van der Waals surface area contributed by atoms with Crippen LogP contribution in [0, 0.1) is 5.41 Å². The summed E-state index contributed by atoms with van der Waals surface area (Å²) in [5.74, 6) is 1.02. The van der Waals surface area contributed by atoms with Crippen molar-refractivity contribution in [3.05, 3.63) is 11.7 Å². The molecule has 0 radical (unpaired) electrons. The lowest BCUT2D eigenvalue weighted by molar-refractivity contribution is 0.0683. The molecule has 0 bridgehead atoms. The van der Waals surface area contributed by atoms with Gasteiger partial charge < -0.3 is 15.0 Å². The maximum absolute atomic E-state index is 6.02. The van der Waals surface area contributed by atoms with Crippen molar-refractivity contribution in [2.45, 2.75) is 46.8 Å². The first-order chi connectivity index (χ1) is 7.36. The summed E-state index contributed by atoms with van der Waals surface area (Å²) in [5.41, 5.74) is 5.92. The molecule has 5 heteroatoms. The Labute approximate surface area is 96.4 Å². The Morgan fingerprint density at radius 3 is 2.56 bits per heavy atom. The van der Waals surface area contributed by atoms with Crippen LogP contribution in [0.3, 0.4) is 0 Å². The van der Waals surface area contributed by atoms with Gasteiger partial charge in [-0.2, -0.15) is 4.98 Å². The highest BCUT2D eigenvalue weighted by Gasteiger charge is 2.28. The van der Waals surface area contributed by atoms with Gasteiger partial charge in [0.25, 0.3) is 0 Å². The minimum atomic E-state index is -0.262. The van der Waals surface area contributed by atoms with Gasteiger partial charge in [0.2, 0.25) is 5.89 Å². The molecule has 0 aliphatic carbocycles. The van der Waals surface area contributed by atoms with Crippen molar-refractivity contribution in [2.75, 3.05) is 6.61 Å². The zero-order valence-electron chi connectivity index (χ0n) is 10.7. The fourth-order valence-electron chi connectivity index (χ4n) is 1.23. The standard InChI is InChI=1S/C11H21N3O2/c1-6-15-7(2)9-13-10(16-14-9)8(12)11(3,4)5/h7-8H,6,12H2,1-5H3/t7?,8-/m1/s1. The van der Waals surface area contributed by atoms with Crippen molar-refractivity contribution in [2.24, 2.45) is 11.1 Å². The Kier molecular flexibility index (Phi) is 4.04. The van der Waals surface area contributed by atoms with Crippen LogP contribution in [-0.4, -0.2) is 16.7 Å². The topological polar surface area (TPSA) is 74.2 Å². The van der Waals surface area contributed by atoms with Gasteiger partial charge in [0.1, 0.15) is 6.10 Å². The molecule has 1 aromatic rings. The molecule has 0 aliphatic rings. The highest BCUT2D eigenvalue weighted by atomic mass is 16.5. The van der Waals surface area contributed by atoms with E-state index in [9.17, 15) is 0 Å². The number of hydrogen-bond acceptors (Lipinski definition) is 5. The molecule has 2 N–H and O–H groups in total. The first-order valence-corrected chi connectivity index (χ1v) is 5.57. The van der Waals surface area contributed by atoms with E-state index in [-0.39, 0.29) is 17.6 Å². The van der Waals surface area contributed by atoms with Crippen molar-refractivity contribution in [1.82, 2.24) is 10.1 Å². The summed E-state index contributed by atoms with van der Waals surface area (Å²) in [6.07, 6.45) is -0.158. The van der Waals surface area contributed by atoms with Gasteiger partial charge in [0.05, 0.1) is 6.04 Å². The first-order valence-electron chi connectivity index (χ1n) is 5.57. The maximum Gasteiger partial charge on any atom is 0.244 e. The van der Waals surface area contributed by atoms with Crippen LogP contribution in [0.2, 0.25) is 0 Å². The van der Waals surface area contributed by atoms with Gasteiger partial charge in [0, 0.05) is 6.61 Å². The summed E-state index contributed by atoms with van der Waals surface area (Å²) in [6.45, 7) is 10.5. The Morgan fingerprint density at radius 2 is 2.06 bits per heavy atom. The molecular weight excluding hydrogens is 206 g/mol. The highest BCUT2D eigenvalue weighted by Crippen LogP contribution is 2.29. The van der Waals surface area contributed by atoms with Crippen molar-refractivity contribution < 1.29 is 9.26 Å². The average molecular weight is 227 g/mol. The number of aromatic nitrogens is 2. The quantitative estimate of drug-likeness (QED) is 0.853. The van der Waals surface area contributed by atoms with E-state index in [0.29, 0.717) is 18.3 Å². The van der Waals surface area contributed by atoms with Crippen LogP contribution in [0.1, 0.15) is 58.5 Å². The summed E-state index contributed by atoms with van der Waals surface area (Å²) < 4.78 is 10.5. The van der Waals surface area contributed by atoms with Crippen molar-refractivity contribution in [1.29, 1.82) is 0 Å². The Morgan fingerprint density at radius 1 is 1.44 bits per heavy atom. The van der Waals surface area contributed by atoms with E-state index in [4.69, 9.17) is 15.0 Å². The zero-order chi connectivity index (χ0) is 12.3. The van der Waals surface area contributed by atoms with E-state index < -0.39 is 0 Å². The van der Waals surface area contributed by atoms with E-state index in [2.05, 4.69) is 10.1 Å². The molecule has 2 atom stereocenters. The molecule has 0 saturated heterocycles. The molecule has 16 heavy (non-hydrogen) atoms. The van der Waals surface area contributed by atoms with Crippen LogP contribution in [-0.2, 0) is 4.74 Å². The molecule has 0 spiro atoms. The number of rotatable bonds is 4. The minimum Gasteiger partial charge on any atom is -0.371 e. The van der Waals surface area contributed by atoms with Crippen LogP contribution in [0.25, 0.3) is 0 Å². The van der Waals surface area contributed by atoms with Crippen LogP contribution < -0.4 is 5.73 Å². The van der Waals surface area contributed by atoms with Crippen molar-refractivity contribution in [3.8, 4) is 0 Å². The fourth-order valence-corrected chi connectivity index (χ4v) is 1.23. The second-order valence-corrected chi connectivity index (χ2v) is 4.93. The maximum atomic E-state index is 6.02. The normalized spacial score (nSPS) is 16.1. The van der Waals surface area contributed by atoms with Gasteiger partial charge in [-0.15, -0.1) is 0 Å². The average Bonchev–Trinajstić information content (AvgIpc) is 2.64. The third-order valence-electron chi connectivity index (χ3n) is 2.44. The Bertz CT molecular complexity index is 330. The van der Waals surface area contributed by atoms with E-state index >= 15 is 0 Å². The molecule has 1 unspecified atom stereocenters. The van der Waals surface area contributed by atoms with Gasteiger partial charge in [-0.1, -0.05) is 25.9 Å². The Balaban J connectivity index is 2.79. The van der Waals surface area contributed by atoms with Crippen LogP contribution in [0.4, 0.5) is 0 Å². The van der Waals surface area contributed by atoms with Gasteiger partial charge >= 0.3 is 0 Å². The monoisotopic (exact) mass is 227 g/mol. The van der Waals surface area contributed by atoms with E-state index in [1.165, 1.54) is 0 Å². The summed E-state index contributed by atoms with van der Waals surface area (Å²) in [6, 6.07) is -0.262. The summed E-state index contributed by atoms with van der Waals surface area (Å²) in [7, 11) is 0. The molecule has 0 fully saturated rings. The summed E-state index contributed by atoms with van der Waals surface area (Å²) in [4.78, 5) is 4.27. The third kappa shape index (κ3) is 3.02. The Hall–Kier alpha value is -0.940. The highest BCUT2D eigenvalue weighted by molar-refractivity contribution is 4.97. The fraction of sp³-hybridized carbons (Fsp3) is 0.818.